The normalized spacial score (nSPS) is 18.8. The highest BCUT2D eigenvalue weighted by Crippen LogP contribution is 2.34. The molecule has 3 aliphatic rings. The third-order valence-electron chi connectivity index (χ3n) is 6.16. The van der Waals surface area contributed by atoms with E-state index in [0.29, 0.717) is 43.1 Å². The lowest BCUT2D eigenvalue weighted by atomic mass is 10.1. The number of nitrogens with one attached hydrogen (secondary N) is 1. The molecular weight excluding hydrogens is 416 g/mol. The van der Waals surface area contributed by atoms with Crippen molar-refractivity contribution < 1.29 is 9.53 Å². The van der Waals surface area contributed by atoms with Crippen molar-refractivity contribution in [1.29, 1.82) is 0 Å². The van der Waals surface area contributed by atoms with Crippen LogP contribution in [0, 0.1) is 6.92 Å². The van der Waals surface area contributed by atoms with Gasteiger partial charge in [0.05, 0.1) is 13.1 Å². The summed E-state index contributed by atoms with van der Waals surface area (Å²) in [5.41, 5.74) is 2.67. The minimum atomic E-state index is -0.0554. The lowest BCUT2D eigenvalue weighted by Gasteiger charge is -2.32. The standard InChI is InChI=1S/C22H27ClN6O2/c1-3-27-20(30)18-19(28-9-8-24-22(27)28)26-21(25-16-6-10-31-11-7-16)29(18)13-15-5-4-14(2)17(23)12-15/h4-5,12,16H,3,6-11,13H2,1-2H3,(H,25,26). The summed E-state index contributed by atoms with van der Waals surface area (Å²) in [6.45, 7) is 7.91. The second kappa shape index (κ2) is 8.16. The van der Waals surface area contributed by atoms with Crippen LogP contribution < -0.4 is 10.2 Å². The number of aromatic nitrogens is 2. The van der Waals surface area contributed by atoms with Crippen molar-refractivity contribution in [1.82, 2.24) is 14.5 Å². The van der Waals surface area contributed by atoms with Crippen molar-refractivity contribution in [3.63, 3.8) is 0 Å². The number of aliphatic imine (C=N–C) groups is 1. The molecule has 0 bridgehead atoms. The molecule has 9 heteroatoms. The summed E-state index contributed by atoms with van der Waals surface area (Å²) in [5.74, 6) is 2.06. The number of nitrogens with zero attached hydrogens (tertiary/aromatic N) is 5. The minimum absolute atomic E-state index is 0.0554. The number of imidazole rings is 1. The van der Waals surface area contributed by atoms with E-state index in [1.807, 2.05) is 30.5 Å². The number of halogens is 1. The number of benzene rings is 1. The van der Waals surface area contributed by atoms with Gasteiger partial charge in [-0.2, -0.15) is 4.98 Å². The molecule has 0 atom stereocenters. The van der Waals surface area contributed by atoms with Crippen LogP contribution in [0.1, 0.15) is 41.4 Å². The summed E-state index contributed by atoms with van der Waals surface area (Å²) in [7, 11) is 0. The SMILES string of the molecule is CCN1C(=O)c2c(nc(NC3CCOCC3)n2Cc2ccc(C)c(Cl)c2)N2CCN=C12. The molecule has 1 saturated heterocycles. The Balaban J connectivity index is 1.59. The quantitative estimate of drug-likeness (QED) is 0.770. The van der Waals surface area contributed by atoms with E-state index in [2.05, 4.69) is 21.3 Å². The molecule has 2 aromatic rings. The highest BCUT2D eigenvalue weighted by Gasteiger charge is 2.41. The highest BCUT2D eigenvalue weighted by atomic mass is 35.5. The van der Waals surface area contributed by atoms with Crippen molar-refractivity contribution in [2.45, 2.75) is 39.3 Å². The molecule has 4 heterocycles. The Morgan fingerprint density at radius 2 is 2.10 bits per heavy atom. The molecular formula is C22H27ClN6O2. The van der Waals surface area contributed by atoms with Crippen LogP contribution in [0.4, 0.5) is 11.8 Å². The maximum absolute atomic E-state index is 13.5. The number of carbonyl (C=O) groups is 1. The molecule has 1 fully saturated rings. The molecule has 5 rings (SSSR count). The molecule has 0 aliphatic carbocycles. The van der Waals surface area contributed by atoms with Gasteiger partial charge in [-0.3, -0.25) is 24.2 Å². The zero-order valence-electron chi connectivity index (χ0n) is 17.9. The first-order valence-corrected chi connectivity index (χ1v) is 11.3. The van der Waals surface area contributed by atoms with Gasteiger partial charge >= 0.3 is 0 Å². The number of anilines is 2. The maximum atomic E-state index is 13.5. The van der Waals surface area contributed by atoms with Crippen LogP contribution in [-0.4, -0.2) is 65.2 Å². The van der Waals surface area contributed by atoms with Gasteiger partial charge < -0.3 is 10.1 Å². The van der Waals surface area contributed by atoms with Crippen molar-refractivity contribution in [2.75, 3.05) is 43.1 Å². The number of hydrogen-bond acceptors (Lipinski definition) is 6. The maximum Gasteiger partial charge on any atom is 0.281 e. The van der Waals surface area contributed by atoms with Gasteiger partial charge in [0.1, 0.15) is 0 Å². The molecule has 0 saturated carbocycles. The largest absolute Gasteiger partial charge is 0.381 e. The number of fused-ring (bicyclic) bond motifs is 3. The Hall–Kier alpha value is -2.58. The van der Waals surface area contributed by atoms with Gasteiger partial charge in [0.15, 0.2) is 11.5 Å². The number of aryl methyl sites for hydroxylation is 1. The average Bonchev–Trinajstić information content (AvgIpc) is 3.38. The Kier molecular flexibility index (Phi) is 5.35. The molecule has 31 heavy (non-hydrogen) atoms. The van der Waals surface area contributed by atoms with Crippen molar-refractivity contribution in [3.8, 4) is 0 Å². The van der Waals surface area contributed by atoms with E-state index < -0.39 is 0 Å². The van der Waals surface area contributed by atoms with E-state index in [-0.39, 0.29) is 11.9 Å². The van der Waals surface area contributed by atoms with Crippen LogP contribution in [-0.2, 0) is 11.3 Å². The number of ether oxygens (including phenoxy) is 1. The first kappa shape index (κ1) is 20.3. The minimum Gasteiger partial charge on any atom is -0.381 e. The lowest BCUT2D eigenvalue weighted by Crippen LogP contribution is -2.50. The molecule has 1 aromatic heterocycles. The first-order valence-electron chi connectivity index (χ1n) is 10.9. The van der Waals surface area contributed by atoms with Crippen LogP contribution in [0.25, 0.3) is 0 Å². The van der Waals surface area contributed by atoms with E-state index in [1.54, 1.807) is 4.90 Å². The summed E-state index contributed by atoms with van der Waals surface area (Å²) >= 11 is 6.39. The second-order valence-electron chi connectivity index (χ2n) is 8.19. The lowest BCUT2D eigenvalue weighted by molar-refractivity contribution is 0.0835. The topological polar surface area (TPSA) is 75.0 Å². The first-order chi connectivity index (χ1) is 15.1. The molecule has 0 spiro atoms. The van der Waals surface area contributed by atoms with E-state index >= 15 is 0 Å². The molecule has 3 aliphatic heterocycles. The van der Waals surface area contributed by atoms with Gasteiger partial charge in [0.2, 0.25) is 11.9 Å². The van der Waals surface area contributed by atoms with Gasteiger partial charge in [-0.05, 0) is 43.9 Å². The fourth-order valence-electron chi connectivity index (χ4n) is 4.42. The van der Waals surface area contributed by atoms with Crippen LogP contribution in [0.5, 0.6) is 0 Å². The summed E-state index contributed by atoms with van der Waals surface area (Å²) in [6.07, 6.45) is 1.83. The number of guanidine groups is 1. The Bertz CT molecular complexity index is 1040. The van der Waals surface area contributed by atoms with Gasteiger partial charge in [-0.1, -0.05) is 23.7 Å². The van der Waals surface area contributed by atoms with Crippen LogP contribution in [0.2, 0.25) is 5.02 Å². The van der Waals surface area contributed by atoms with Crippen molar-refractivity contribution in [2.24, 2.45) is 4.99 Å². The summed E-state index contributed by atoms with van der Waals surface area (Å²) in [5, 5.41) is 4.31. The predicted molar refractivity (Wildman–Crippen MR) is 121 cm³/mol. The third-order valence-corrected chi connectivity index (χ3v) is 6.57. The molecule has 1 N–H and O–H groups in total. The van der Waals surface area contributed by atoms with Crippen LogP contribution in [0.3, 0.4) is 0 Å². The second-order valence-corrected chi connectivity index (χ2v) is 8.60. The summed E-state index contributed by atoms with van der Waals surface area (Å²) in [4.78, 5) is 26.8. The van der Waals surface area contributed by atoms with Crippen LogP contribution in [0.15, 0.2) is 23.2 Å². The number of carbonyl (C=O) groups excluding carboxylic acids is 1. The van der Waals surface area contributed by atoms with E-state index in [9.17, 15) is 4.79 Å². The number of amides is 1. The molecule has 1 amide bonds. The zero-order valence-corrected chi connectivity index (χ0v) is 18.7. The van der Waals surface area contributed by atoms with Gasteiger partial charge in [-0.15, -0.1) is 0 Å². The fourth-order valence-corrected chi connectivity index (χ4v) is 4.62. The number of rotatable bonds is 5. The summed E-state index contributed by atoms with van der Waals surface area (Å²) in [6, 6.07) is 6.30. The molecule has 0 radical (unpaired) electrons. The Morgan fingerprint density at radius 3 is 2.84 bits per heavy atom. The van der Waals surface area contributed by atoms with Crippen molar-refractivity contribution >= 4 is 35.2 Å². The monoisotopic (exact) mass is 442 g/mol. The van der Waals surface area contributed by atoms with E-state index in [0.717, 1.165) is 48.7 Å². The van der Waals surface area contributed by atoms with E-state index in [1.165, 1.54) is 0 Å². The van der Waals surface area contributed by atoms with Crippen LogP contribution >= 0.6 is 11.6 Å². The van der Waals surface area contributed by atoms with Gasteiger partial charge in [0.25, 0.3) is 5.91 Å². The highest BCUT2D eigenvalue weighted by molar-refractivity contribution is 6.31. The molecule has 0 unspecified atom stereocenters. The van der Waals surface area contributed by atoms with Gasteiger partial charge in [0, 0.05) is 37.4 Å². The predicted octanol–water partition coefficient (Wildman–Crippen LogP) is 3.14. The van der Waals surface area contributed by atoms with Crippen molar-refractivity contribution in [3.05, 3.63) is 40.0 Å². The smallest absolute Gasteiger partial charge is 0.281 e. The fraction of sp³-hybridized carbons (Fsp3) is 0.500. The number of hydrogen-bond donors (Lipinski definition) is 1. The molecule has 164 valence electrons. The Labute approximate surface area is 186 Å². The van der Waals surface area contributed by atoms with Gasteiger partial charge in [-0.25, -0.2) is 0 Å². The van der Waals surface area contributed by atoms with E-state index in [4.69, 9.17) is 21.3 Å². The average molecular weight is 443 g/mol. The zero-order chi connectivity index (χ0) is 21.5. The summed E-state index contributed by atoms with van der Waals surface area (Å²) < 4.78 is 7.51. The Morgan fingerprint density at radius 1 is 1.29 bits per heavy atom. The molecule has 8 nitrogen and oxygen atoms in total. The third kappa shape index (κ3) is 3.57. The molecule has 1 aromatic carbocycles.